The van der Waals surface area contributed by atoms with Crippen LogP contribution in [0.5, 0.6) is 0 Å². The van der Waals surface area contributed by atoms with Crippen LogP contribution in [0.2, 0.25) is 0 Å². The minimum absolute atomic E-state index is 0.0606. The SMILES string of the molecule is Cc1ccc2c(c1)NC(=O)N(C1CCSCC1)N=C2C1CCCCC1. The van der Waals surface area contributed by atoms with E-state index in [0.717, 1.165) is 41.3 Å². The van der Waals surface area contributed by atoms with Crippen molar-refractivity contribution in [3.63, 3.8) is 0 Å². The standard InChI is InChI=1S/C20H27N3OS/c1-14-7-8-17-18(13-14)21-20(24)23(16-9-11-25-12-10-16)22-19(17)15-5-3-2-4-6-15/h7-8,13,15-16H,2-6,9-12H2,1H3,(H,21,24). The van der Waals surface area contributed by atoms with E-state index in [2.05, 4.69) is 30.4 Å². The molecule has 1 saturated heterocycles. The van der Waals surface area contributed by atoms with Gasteiger partial charge in [-0.1, -0.05) is 31.4 Å². The van der Waals surface area contributed by atoms with Gasteiger partial charge in [-0.25, -0.2) is 9.80 Å². The zero-order valence-electron chi connectivity index (χ0n) is 15.0. The molecule has 1 aliphatic carbocycles. The minimum atomic E-state index is -0.0606. The van der Waals surface area contributed by atoms with Gasteiger partial charge in [-0.15, -0.1) is 0 Å². The van der Waals surface area contributed by atoms with Gasteiger partial charge in [0.1, 0.15) is 0 Å². The molecule has 25 heavy (non-hydrogen) atoms. The van der Waals surface area contributed by atoms with Gasteiger partial charge >= 0.3 is 6.03 Å². The van der Waals surface area contributed by atoms with Crippen LogP contribution in [0.3, 0.4) is 0 Å². The number of carbonyl (C=O) groups is 1. The van der Waals surface area contributed by atoms with Crippen LogP contribution in [0.25, 0.3) is 0 Å². The maximum absolute atomic E-state index is 12.9. The Bertz CT molecular complexity index is 676. The molecule has 0 spiro atoms. The number of benzene rings is 1. The highest BCUT2D eigenvalue weighted by molar-refractivity contribution is 7.99. The van der Waals surface area contributed by atoms with Gasteiger partial charge in [0.25, 0.3) is 0 Å². The first-order valence-corrected chi connectivity index (χ1v) is 10.8. The lowest BCUT2D eigenvalue weighted by Gasteiger charge is -2.30. The van der Waals surface area contributed by atoms with E-state index in [1.807, 2.05) is 11.8 Å². The van der Waals surface area contributed by atoms with Gasteiger partial charge in [0.05, 0.1) is 17.4 Å². The van der Waals surface area contributed by atoms with Gasteiger partial charge in [0.15, 0.2) is 0 Å². The third kappa shape index (κ3) is 3.57. The normalized spacial score (nSPS) is 22.8. The largest absolute Gasteiger partial charge is 0.342 e. The maximum Gasteiger partial charge on any atom is 0.342 e. The number of rotatable bonds is 2. The molecule has 0 unspecified atom stereocenters. The first-order chi connectivity index (χ1) is 12.2. The summed E-state index contributed by atoms with van der Waals surface area (Å²) in [6.07, 6.45) is 8.32. The van der Waals surface area contributed by atoms with Crippen LogP contribution in [-0.4, -0.2) is 34.3 Å². The molecule has 1 aromatic carbocycles. The topological polar surface area (TPSA) is 44.7 Å². The smallest absolute Gasteiger partial charge is 0.306 e. The van der Waals surface area contributed by atoms with Crippen LogP contribution in [0.4, 0.5) is 10.5 Å². The molecule has 0 atom stereocenters. The molecule has 1 N–H and O–H groups in total. The highest BCUT2D eigenvalue weighted by Gasteiger charge is 2.32. The molecule has 2 amide bonds. The molecular formula is C20H27N3OS. The molecule has 0 bridgehead atoms. The number of fused-ring (bicyclic) bond motifs is 1. The summed E-state index contributed by atoms with van der Waals surface area (Å²) in [5.41, 5.74) is 4.36. The number of carbonyl (C=O) groups excluding carboxylic acids is 1. The zero-order chi connectivity index (χ0) is 17.2. The summed E-state index contributed by atoms with van der Waals surface area (Å²) in [7, 11) is 0. The third-order valence-electron chi connectivity index (χ3n) is 5.64. The second-order valence-electron chi connectivity index (χ2n) is 7.49. The molecule has 4 nitrogen and oxygen atoms in total. The van der Waals surface area contributed by atoms with Crippen LogP contribution in [0.1, 0.15) is 56.1 Å². The lowest BCUT2D eigenvalue weighted by Crippen LogP contribution is -2.41. The summed E-state index contributed by atoms with van der Waals surface area (Å²) >= 11 is 1.98. The summed E-state index contributed by atoms with van der Waals surface area (Å²) in [5, 5.41) is 9.93. The van der Waals surface area contributed by atoms with Crippen molar-refractivity contribution >= 4 is 29.2 Å². The molecule has 3 aliphatic rings. The van der Waals surface area contributed by atoms with Crippen molar-refractivity contribution in [2.24, 2.45) is 11.0 Å². The Morgan fingerprint density at radius 3 is 2.64 bits per heavy atom. The predicted molar refractivity (Wildman–Crippen MR) is 105 cm³/mol. The molecule has 1 saturated carbocycles. The van der Waals surface area contributed by atoms with E-state index in [-0.39, 0.29) is 12.1 Å². The van der Waals surface area contributed by atoms with E-state index in [4.69, 9.17) is 5.10 Å². The Balaban J connectivity index is 1.74. The highest BCUT2D eigenvalue weighted by Crippen LogP contribution is 2.34. The summed E-state index contributed by atoms with van der Waals surface area (Å²) in [6.45, 7) is 2.07. The van der Waals surface area contributed by atoms with Crippen LogP contribution in [0, 0.1) is 12.8 Å². The van der Waals surface area contributed by atoms with Crippen molar-refractivity contribution in [2.75, 3.05) is 16.8 Å². The fourth-order valence-electron chi connectivity index (χ4n) is 4.23. The van der Waals surface area contributed by atoms with E-state index in [9.17, 15) is 4.79 Å². The zero-order valence-corrected chi connectivity index (χ0v) is 15.8. The van der Waals surface area contributed by atoms with Crippen LogP contribution < -0.4 is 5.32 Å². The monoisotopic (exact) mass is 357 g/mol. The average molecular weight is 358 g/mol. The molecule has 5 heteroatoms. The number of hydrogen-bond donors (Lipinski definition) is 1. The summed E-state index contributed by atoms with van der Waals surface area (Å²) in [4.78, 5) is 12.9. The van der Waals surface area contributed by atoms with Gasteiger partial charge < -0.3 is 5.32 Å². The second-order valence-corrected chi connectivity index (χ2v) is 8.71. The molecule has 4 rings (SSSR count). The molecule has 134 valence electrons. The Morgan fingerprint density at radius 2 is 1.88 bits per heavy atom. The molecule has 2 fully saturated rings. The van der Waals surface area contributed by atoms with Gasteiger partial charge in [-0.05, 0) is 55.7 Å². The van der Waals surface area contributed by atoms with Crippen LogP contribution in [-0.2, 0) is 0 Å². The third-order valence-corrected chi connectivity index (χ3v) is 6.69. The molecular weight excluding hydrogens is 330 g/mol. The Morgan fingerprint density at radius 1 is 1.12 bits per heavy atom. The van der Waals surface area contributed by atoms with Crippen molar-refractivity contribution < 1.29 is 4.79 Å². The number of hydrazone groups is 1. The number of anilines is 1. The molecule has 2 heterocycles. The maximum atomic E-state index is 12.9. The van der Waals surface area contributed by atoms with Gasteiger partial charge in [0, 0.05) is 11.5 Å². The van der Waals surface area contributed by atoms with E-state index in [0.29, 0.717) is 5.92 Å². The first-order valence-electron chi connectivity index (χ1n) is 9.60. The Labute approximate surface area is 154 Å². The number of nitrogens with zero attached hydrogens (tertiary/aromatic N) is 2. The fourth-order valence-corrected chi connectivity index (χ4v) is 5.31. The summed E-state index contributed by atoms with van der Waals surface area (Å²) in [6, 6.07) is 6.55. The number of amides is 2. The van der Waals surface area contributed by atoms with E-state index >= 15 is 0 Å². The second kappa shape index (κ2) is 7.40. The lowest BCUT2D eigenvalue weighted by atomic mass is 9.83. The van der Waals surface area contributed by atoms with Crippen LogP contribution in [0.15, 0.2) is 23.3 Å². The van der Waals surface area contributed by atoms with Crippen molar-refractivity contribution in [3.05, 3.63) is 29.3 Å². The number of aryl methyl sites for hydroxylation is 1. The van der Waals surface area contributed by atoms with E-state index in [1.165, 1.54) is 37.7 Å². The number of hydrogen-bond acceptors (Lipinski definition) is 3. The van der Waals surface area contributed by atoms with Gasteiger partial charge in [-0.3, -0.25) is 0 Å². The molecule has 0 radical (unpaired) electrons. The van der Waals surface area contributed by atoms with Gasteiger partial charge in [0.2, 0.25) is 0 Å². The lowest BCUT2D eigenvalue weighted by molar-refractivity contribution is 0.186. The van der Waals surface area contributed by atoms with Crippen molar-refractivity contribution in [1.82, 2.24) is 5.01 Å². The Hall–Kier alpha value is -1.49. The summed E-state index contributed by atoms with van der Waals surface area (Å²) in [5.74, 6) is 2.71. The van der Waals surface area contributed by atoms with E-state index < -0.39 is 0 Å². The molecule has 0 aromatic heterocycles. The van der Waals surface area contributed by atoms with Crippen molar-refractivity contribution in [1.29, 1.82) is 0 Å². The Kier molecular flexibility index (Phi) is 5.02. The average Bonchev–Trinajstić information content (AvgIpc) is 2.79. The van der Waals surface area contributed by atoms with Crippen molar-refractivity contribution in [2.45, 2.75) is 57.9 Å². The molecule has 2 aliphatic heterocycles. The first kappa shape index (κ1) is 17.0. The van der Waals surface area contributed by atoms with Crippen LogP contribution >= 0.6 is 11.8 Å². The quantitative estimate of drug-likeness (QED) is 0.807. The number of thioether (sulfide) groups is 1. The van der Waals surface area contributed by atoms with Gasteiger partial charge in [-0.2, -0.15) is 16.9 Å². The van der Waals surface area contributed by atoms with E-state index in [1.54, 1.807) is 5.01 Å². The highest BCUT2D eigenvalue weighted by atomic mass is 32.2. The number of nitrogens with one attached hydrogen (secondary N) is 1. The van der Waals surface area contributed by atoms with Crippen molar-refractivity contribution in [3.8, 4) is 0 Å². The minimum Gasteiger partial charge on any atom is -0.306 e. The fraction of sp³-hybridized carbons (Fsp3) is 0.600. The number of urea groups is 1. The molecule has 1 aromatic rings. The summed E-state index contributed by atoms with van der Waals surface area (Å²) < 4.78 is 0. The predicted octanol–water partition coefficient (Wildman–Crippen LogP) is 5.02.